The number of nitrogens with one attached hydrogen (secondary N) is 1. The smallest absolute Gasteiger partial charge is 0.231 e. The molecule has 1 fully saturated rings. The Labute approximate surface area is 125 Å². The van der Waals surface area contributed by atoms with E-state index in [0.29, 0.717) is 12.6 Å². The second-order valence-corrected chi connectivity index (χ2v) is 6.72. The average Bonchev–Trinajstić information content (AvgIpc) is 2.86. The standard InChI is InChI=1S/C14H26N6O/c1-14(2,3)20-9-12(17-18-20)8-16-11-4-6-19(7-5-11)10-13(15)21/h9,11,16H,4-8,10H2,1-3H3,(H2,15,21). The van der Waals surface area contributed by atoms with Gasteiger partial charge < -0.3 is 11.1 Å². The van der Waals surface area contributed by atoms with Crippen molar-refractivity contribution in [3.8, 4) is 0 Å². The van der Waals surface area contributed by atoms with Crippen LogP contribution in [0.3, 0.4) is 0 Å². The highest BCUT2D eigenvalue weighted by Crippen LogP contribution is 2.13. The van der Waals surface area contributed by atoms with Crippen LogP contribution in [0.25, 0.3) is 0 Å². The van der Waals surface area contributed by atoms with Crippen LogP contribution >= 0.6 is 0 Å². The molecule has 1 aromatic heterocycles. The van der Waals surface area contributed by atoms with Crippen LogP contribution < -0.4 is 11.1 Å². The molecular weight excluding hydrogens is 268 g/mol. The van der Waals surface area contributed by atoms with Crippen LogP contribution in [0.4, 0.5) is 0 Å². The largest absolute Gasteiger partial charge is 0.369 e. The van der Waals surface area contributed by atoms with E-state index in [1.54, 1.807) is 0 Å². The minimum absolute atomic E-state index is 0.0364. The van der Waals surface area contributed by atoms with E-state index in [-0.39, 0.29) is 11.4 Å². The van der Waals surface area contributed by atoms with Gasteiger partial charge in [0.15, 0.2) is 0 Å². The third kappa shape index (κ3) is 4.78. The zero-order chi connectivity index (χ0) is 15.5. The zero-order valence-corrected chi connectivity index (χ0v) is 13.2. The van der Waals surface area contributed by atoms with Crippen molar-refractivity contribution in [2.45, 2.75) is 51.7 Å². The lowest BCUT2D eigenvalue weighted by atomic mass is 10.0. The zero-order valence-electron chi connectivity index (χ0n) is 13.2. The Bertz CT molecular complexity index is 470. The molecule has 118 valence electrons. The summed E-state index contributed by atoms with van der Waals surface area (Å²) in [5.41, 5.74) is 6.14. The van der Waals surface area contributed by atoms with Crippen LogP contribution in [-0.2, 0) is 16.9 Å². The molecule has 1 saturated heterocycles. The van der Waals surface area contributed by atoms with Gasteiger partial charge in [0.25, 0.3) is 0 Å². The molecule has 3 N–H and O–H groups in total. The topological polar surface area (TPSA) is 89.1 Å². The maximum Gasteiger partial charge on any atom is 0.231 e. The molecule has 0 bridgehead atoms. The second-order valence-electron chi connectivity index (χ2n) is 6.72. The number of amides is 1. The number of rotatable bonds is 5. The number of carbonyl (C=O) groups excluding carboxylic acids is 1. The van der Waals surface area contributed by atoms with E-state index in [4.69, 9.17) is 5.73 Å². The van der Waals surface area contributed by atoms with Crippen LogP contribution in [-0.4, -0.2) is 51.5 Å². The fourth-order valence-corrected chi connectivity index (χ4v) is 2.47. The predicted molar refractivity (Wildman–Crippen MR) is 80.5 cm³/mol. The van der Waals surface area contributed by atoms with Crippen molar-refractivity contribution >= 4 is 5.91 Å². The molecule has 0 spiro atoms. The summed E-state index contributed by atoms with van der Waals surface area (Å²) in [6.45, 7) is 9.24. The highest BCUT2D eigenvalue weighted by molar-refractivity contribution is 5.75. The van der Waals surface area contributed by atoms with Gasteiger partial charge in [0.2, 0.25) is 5.91 Å². The highest BCUT2D eigenvalue weighted by Gasteiger charge is 2.20. The van der Waals surface area contributed by atoms with Gasteiger partial charge in [0.05, 0.1) is 24.0 Å². The van der Waals surface area contributed by atoms with Gasteiger partial charge in [-0.2, -0.15) is 0 Å². The van der Waals surface area contributed by atoms with Gasteiger partial charge in [-0.05, 0) is 33.6 Å². The summed E-state index contributed by atoms with van der Waals surface area (Å²) in [6, 6.07) is 0.467. The first-order valence-corrected chi connectivity index (χ1v) is 7.50. The maximum absolute atomic E-state index is 10.9. The third-order valence-electron chi connectivity index (χ3n) is 3.77. The van der Waals surface area contributed by atoms with Gasteiger partial charge >= 0.3 is 0 Å². The quantitative estimate of drug-likeness (QED) is 0.802. The molecule has 1 aliphatic rings. The lowest BCUT2D eigenvalue weighted by Gasteiger charge is -2.31. The summed E-state index contributed by atoms with van der Waals surface area (Å²) in [5, 5.41) is 11.9. The minimum Gasteiger partial charge on any atom is -0.369 e. The lowest BCUT2D eigenvalue weighted by molar-refractivity contribution is -0.119. The molecule has 21 heavy (non-hydrogen) atoms. The van der Waals surface area contributed by atoms with Crippen molar-refractivity contribution in [3.63, 3.8) is 0 Å². The van der Waals surface area contributed by atoms with E-state index in [1.165, 1.54) is 0 Å². The molecule has 0 aliphatic carbocycles. The molecule has 7 heteroatoms. The summed E-state index contributed by atoms with van der Waals surface area (Å²) in [7, 11) is 0. The van der Waals surface area contributed by atoms with E-state index in [2.05, 4.69) is 41.3 Å². The molecule has 0 radical (unpaired) electrons. The number of hydrogen-bond acceptors (Lipinski definition) is 5. The fourth-order valence-electron chi connectivity index (χ4n) is 2.47. The van der Waals surface area contributed by atoms with Crippen LogP contribution in [0.15, 0.2) is 6.20 Å². The molecule has 0 aromatic carbocycles. The number of hydrogen-bond donors (Lipinski definition) is 2. The molecule has 2 rings (SSSR count). The molecule has 0 unspecified atom stereocenters. The molecule has 0 atom stereocenters. The molecular formula is C14H26N6O. The molecule has 1 aliphatic heterocycles. The highest BCUT2D eigenvalue weighted by atomic mass is 16.1. The summed E-state index contributed by atoms with van der Waals surface area (Å²) < 4.78 is 1.89. The molecule has 2 heterocycles. The number of likely N-dealkylation sites (tertiary alicyclic amines) is 1. The van der Waals surface area contributed by atoms with Crippen LogP contribution in [0.1, 0.15) is 39.3 Å². The van der Waals surface area contributed by atoms with E-state index >= 15 is 0 Å². The number of aromatic nitrogens is 3. The van der Waals surface area contributed by atoms with Crippen molar-refractivity contribution in [3.05, 3.63) is 11.9 Å². The van der Waals surface area contributed by atoms with E-state index < -0.39 is 0 Å². The Hall–Kier alpha value is -1.47. The summed E-state index contributed by atoms with van der Waals surface area (Å²) in [6.07, 6.45) is 4.05. The third-order valence-corrected chi connectivity index (χ3v) is 3.77. The first-order valence-electron chi connectivity index (χ1n) is 7.50. The molecule has 1 amide bonds. The van der Waals surface area contributed by atoms with Gasteiger partial charge in [-0.25, -0.2) is 4.68 Å². The average molecular weight is 294 g/mol. The van der Waals surface area contributed by atoms with Crippen LogP contribution in [0, 0.1) is 0 Å². The Morgan fingerprint density at radius 1 is 1.43 bits per heavy atom. The summed E-state index contributed by atoms with van der Waals surface area (Å²) in [5.74, 6) is -0.250. The fraction of sp³-hybridized carbons (Fsp3) is 0.786. The van der Waals surface area contributed by atoms with Crippen molar-refractivity contribution in [2.75, 3.05) is 19.6 Å². The summed E-state index contributed by atoms with van der Waals surface area (Å²) >= 11 is 0. The van der Waals surface area contributed by atoms with E-state index in [9.17, 15) is 4.79 Å². The number of carbonyl (C=O) groups is 1. The van der Waals surface area contributed by atoms with Crippen LogP contribution in [0.2, 0.25) is 0 Å². The van der Waals surface area contributed by atoms with Crippen LogP contribution in [0.5, 0.6) is 0 Å². The maximum atomic E-state index is 10.9. The SMILES string of the molecule is CC(C)(C)n1cc(CNC2CCN(CC(N)=O)CC2)nn1. The first-order chi connectivity index (χ1) is 9.84. The number of nitrogens with two attached hydrogens (primary N) is 1. The van der Waals surface area contributed by atoms with Gasteiger partial charge in [-0.3, -0.25) is 9.69 Å². The number of nitrogens with zero attached hydrogens (tertiary/aromatic N) is 4. The number of piperidine rings is 1. The van der Waals surface area contributed by atoms with Crippen molar-refractivity contribution < 1.29 is 4.79 Å². The Morgan fingerprint density at radius 3 is 2.62 bits per heavy atom. The molecule has 0 saturated carbocycles. The van der Waals surface area contributed by atoms with Crippen molar-refractivity contribution in [1.82, 2.24) is 25.2 Å². The monoisotopic (exact) mass is 294 g/mol. The normalized spacial score (nSPS) is 18.0. The first kappa shape index (κ1) is 15.9. The van der Waals surface area contributed by atoms with E-state index in [1.807, 2.05) is 10.9 Å². The van der Waals surface area contributed by atoms with Gasteiger partial charge in [0, 0.05) is 25.7 Å². The Balaban J connectivity index is 1.75. The van der Waals surface area contributed by atoms with E-state index in [0.717, 1.165) is 38.2 Å². The van der Waals surface area contributed by atoms with Crippen molar-refractivity contribution in [2.24, 2.45) is 5.73 Å². The van der Waals surface area contributed by atoms with Gasteiger partial charge in [0.1, 0.15) is 0 Å². The number of primary amides is 1. The predicted octanol–water partition coefficient (Wildman–Crippen LogP) is 0.0724. The molecule has 1 aromatic rings. The lowest BCUT2D eigenvalue weighted by Crippen LogP contribution is -2.45. The Morgan fingerprint density at radius 2 is 2.10 bits per heavy atom. The second kappa shape index (κ2) is 6.53. The molecule has 7 nitrogen and oxygen atoms in total. The Kier molecular flexibility index (Phi) is 4.95. The summed E-state index contributed by atoms with van der Waals surface area (Å²) in [4.78, 5) is 13.0. The van der Waals surface area contributed by atoms with Crippen molar-refractivity contribution in [1.29, 1.82) is 0 Å². The minimum atomic E-state index is -0.250. The van der Waals surface area contributed by atoms with Gasteiger partial charge in [-0.1, -0.05) is 5.21 Å². The van der Waals surface area contributed by atoms with Gasteiger partial charge in [-0.15, -0.1) is 5.10 Å².